The van der Waals surface area contributed by atoms with Crippen molar-refractivity contribution in [3.8, 4) is 11.3 Å². The number of aromatic nitrogens is 1. The van der Waals surface area contributed by atoms with Crippen molar-refractivity contribution in [2.75, 3.05) is 13.1 Å². The Hall–Kier alpha value is -1.32. The van der Waals surface area contributed by atoms with Crippen LogP contribution in [0.5, 0.6) is 0 Å². The van der Waals surface area contributed by atoms with Gasteiger partial charge in [-0.1, -0.05) is 30.7 Å². The molecule has 0 atom stereocenters. The molecule has 2 aromatic rings. The van der Waals surface area contributed by atoms with Gasteiger partial charge in [-0.2, -0.15) is 0 Å². The van der Waals surface area contributed by atoms with Gasteiger partial charge in [0, 0.05) is 12.0 Å². The van der Waals surface area contributed by atoms with Crippen molar-refractivity contribution < 1.29 is 4.42 Å². The summed E-state index contributed by atoms with van der Waals surface area (Å²) in [7, 11) is 0. The molecule has 0 unspecified atom stereocenters. The molecule has 19 heavy (non-hydrogen) atoms. The molecule has 0 bridgehead atoms. The third-order valence-corrected chi connectivity index (χ3v) is 3.19. The summed E-state index contributed by atoms with van der Waals surface area (Å²) < 4.78 is 5.73. The first kappa shape index (κ1) is 14.1. The van der Waals surface area contributed by atoms with E-state index in [9.17, 15) is 0 Å². The van der Waals surface area contributed by atoms with E-state index in [0.29, 0.717) is 5.02 Å². The highest BCUT2D eigenvalue weighted by Gasteiger charge is 2.08. The average molecular weight is 279 g/mol. The van der Waals surface area contributed by atoms with Crippen LogP contribution in [-0.4, -0.2) is 18.1 Å². The van der Waals surface area contributed by atoms with Gasteiger partial charge < -0.3 is 9.73 Å². The summed E-state index contributed by atoms with van der Waals surface area (Å²) in [6.45, 7) is 4.23. The Labute approximate surface area is 119 Å². The average Bonchev–Trinajstić information content (AvgIpc) is 2.88. The zero-order valence-corrected chi connectivity index (χ0v) is 11.9. The van der Waals surface area contributed by atoms with Crippen molar-refractivity contribution in [1.29, 1.82) is 0 Å². The molecule has 0 saturated carbocycles. The second kappa shape index (κ2) is 7.31. The lowest BCUT2D eigenvalue weighted by atomic mass is 10.2. The SMILES string of the molecule is CCCNCCCc1ncc(-c2ccccc2Cl)o1. The maximum atomic E-state index is 6.13. The fourth-order valence-electron chi connectivity index (χ4n) is 1.88. The molecule has 0 spiro atoms. The molecular formula is C15H19ClN2O. The smallest absolute Gasteiger partial charge is 0.194 e. The first-order chi connectivity index (χ1) is 9.31. The topological polar surface area (TPSA) is 38.1 Å². The zero-order chi connectivity index (χ0) is 13.5. The normalized spacial score (nSPS) is 10.8. The molecule has 102 valence electrons. The third-order valence-electron chi connectivity index (χ3n) is 2.86. The summed E-state index contributed by atoms with van der Waals surface area (Å²) in [4.78, 5) is 4.30. The largest absolute Gasteiger partial charge is 0.441 e. The van der Waals surface area contributed by atoms with E-state index in [1.165, 1.54) is 0 Å². The molecule has 1 heterocycles. The Morgan fingerprint density at radius 1 is 1.26 bits per heavy atom. The molecule has 0 saturated heterocycles. The van der Waals surface area contributed by atoms with Crippen LogP contribution in [0.3, 0.4) is 0 Å². The van der Waals surface area contributed by atoms with Crippen LogP contribution in [-0.2, 0) is 6.42 Å². The number of nitrogens with zero attached hydrogens (tertiary/aromatic N) is 1. The van der Waals surface area contributed by atoms with Crippen LogP contribution in [0.25, 0.3) is 11.3 Å². The minimum Gasteiger partial charge on any atom is -0.441 e. The number of nitrogens with one attached hydrogen (secondary N) is 1. The number of oxazole rings is 1. The maximum Gasteiger partial charge on any atom is 0.194 e. The van der Waals surface area contributed by atoms with E-state index < -0.39 is 0 Å². The van der Waals surface area contributed by atoms with Gasteiger partial charge in [0.1, 0.15) is 0 Å². The van der Waals surface area contributed by atoms with Crippen LogP contribution in [0.4, 0.5) is 0 Å². The number of rotatable bonds is 7. The van der Waals surface area contributed by atoms with Crippen molar-refractivity contribution in [2.45, 2.75) is 26.2 Å². The molecule has 2 rings (SSSR count). The Bertz CT molecular complexity index is 510. The summed E-state index contributed by atoms with van der Waals surface area (Å²) >= 11 is 6.13. The first-order valence-corrected chi connectivity index (χ1v) is 7.09. The molecule has 0 aliphatic rings. The second-order valence-electron chi connectivity index (χ2n) is 4.45. The first-order valence-electron chi connectivity index (χ1n) is 6.71. The molecule has 3 nitrogen and oxygen atoms in total. The predicted octanol–water partition coefficient (Wildman–Crippen LogP) is 3.93. The Balaban J connectivity index is 1.91. The molecule has 0 aliphatic carbocycles. The van der Waals surface area contributed by atoms with Gasteiger partial charge in [0.15, 0.2) is 11.7 Å². The molecule has 0 amide bonds. The van der Waals surface area contributed by atoms with Crippen LogP contribution >= 0.6 is 11.6 Å². The summed E-state index contributed by atoms with van der Waals surface area (Å²) in [6.07, 6.45) is 4.79. The Morgan fingerprint density at radius 2 is 2.11 bits per heavy atom. The fourth-order valence-corrected chi connectivity index (χ4v) is 2.11. The van der Waals surface area contributed by atoms with E-state index in [0.717, 1.165) is 49.6 Å². The molecule has 0 radical (unpaired) electrons. The summed E-state index contributed by atoms with van der Waals surface area (Å²) in [6, 6.07) is 7.64. The summed E-state index contributed by atoms with van der Waals surface area (Å²) in [5.41, 5.74) is 0.895. The number of halogens is 1. The highest BCUT2D eigenvalue weighted by Crippen LogP contribution is 2.28. The van der Waals surface area contributed by atoms with Gasteiger partial charge in [0.25, 0.3) is 0 Å². The number of benzene rings is 1. The summed E-state index contributed by atoms with van der Waals surface area (Å²) in [5, 5.41) is 4.05. The lowest BCUT2D eigenvalue weighted by Gasteiger charge is -2.01. The highest BCUT2D eigenvalue weighted by atomic mass is 35.5. The summed E-state index contributed by atoms with van der Waals surface area (Å²) in [5.74, 6) is 1.51. The standard InChI is InChI=1S/C15H19ClN2O/c1-2-9-17-10-5-8-15-18-11-14(19-15)12-6-3-4-7-13(12)16/h3-4,6-7,11,17H,2,5,8-10H2,1H3. The van der Waals surface area contributed by atoms with Crippen LogP contribution < -0.4 is 5.32 Å². The van der Waals surface area contributed by atoms with Gasteiger partial charge >= 0.3 is 0 Å². The van der Waals surface area contributed by atoms with E-state index in [-0.39, 0.29) is 0 Å². The Morgan fingerprint density at radius 3 is 2.89 bits per heavy atom. The molecule has 1 N–H and O–H groups in total. The van der Waals surface area contributed by atoms with Crippen LogP contribution in [0.2, 0.25) is 5.02 Å². The van der Waals surface area contributed by atoms with Crippen molar-refractivity contribution in [2.24, 2.45) is 0 Å². The van der Waals surface area contributed by atoms with Crippen molar-refractivity contribution in [1.82, 2.24) is 10.3 Å². The van der Waals surface area contributed by atoms with Gasteiger partial charge in [-0.05, 0) is 38.1 Å². The van der Waals surface area contributed by atoms with E-state index in [2.05, 4.69) is 17.2 Å². The van der Waals surface area contributed by atoms with E-state index in [4.69, 9.17) is 16.0 Å². The van der Waals surface area contributed by atoms with Gasteiger partial charge in [-0.25, -0.2) is 4.98 Å². The molecule has 4 heteroatoms. The van der Waals surface area contributed by atoms with Gasteiger partial charge in [0.2, 0.25) is 0 Å². The van der Waals surface area contributed by atoms with Crippen LogP contribution in [0, 0.1) is 0 Å². The molecule has 1 aromatic heterocycles. The molecule has 0 fully saturated rings. The van der Waals surface area contributed by atoms with E-state index in [1.807, 2.05) is 24.3 Å². The van der Waals surface area contributed by atoms with E-state index in [1.54, 1.807) is 6.20 Å². The van der Waals surface area contributed by atoms with Crippen molar-refractivity contribution in [3.63, 3.8) is 0 Å². The number of hydrogen-bond acceptors (Lipinski definition) is 3. The minimum absolute atomic E-state index is 0.690. The quantitative estimate of drug-likeness (QED) is 0.780. The van der Waals surface area contributed by atoms with Crippen LogP contribution in [0.15, 0.2) is 34.9 Å². The second-order valence-corrected chi connectivity index (χ2v) is 4.86. The third kappa shape index (κ3) is 4.08. The lowest BCUT2D eigenvalue weighted by molar-refractivity contribution is 0.491. The Kier molecular flexibility index (Phi) is 5.43. The van der Waals surface area contributed by atoms with Gasteiger partial charge in [-0.15, -0.1) is 0 Å². The fraction of sp³-hybridized carbons (Fsp3) is 0.400. The number of aryl methyl sites for hydroxylation is 1. The predicted molar refractivity (Wildman–Crippen MR) is 78.4 cm³/mol. The van der Waals surface area contributed by atoms with Crippen molar-refractivity contribution >= 4 is 11.6 Å². The molecule has 0 aliphatic heterocycles. The molecular weight excluding hydrogens is 260 g/mol. The van der Waals surface area contributed by atoms with Gasteiger partial charge in [0.05, 0.1) is 11.2 Å². The monoisotopic (exact) mass is 278 g/mol. The lowest BCUT2D eigenvalue weighted by Crippen LogP contribution is -2.16. The zero-order valence-electron chi connectivity index (χ0n) is 11.2. The molecule has 1 aromatic carbocycles. The highest BCUT2D eigenvalue weighted by molar-refractivity contribution is 6.33. The minimum atomic E-state index is 0.690. The van der Waals surface area contributed by atoms with E-state index >= 15 is 0 Å². The van der Waals surface area contributed by atoms with Crippen molar-refractivity contribution in [3.05, 3.63) is 41.4 Å². The van der Waals surface area contributed by atoms with Crippen LogP contribution in [0.1, 0.15) is 25.7 Å². The van der Waals surface area contributed by atoms with Gasteiger partial charge in [-0.3, -0.25) is 0 Å². The maximum absolute atomic E-state index is 6.13. The number of hydrogen-bond donors (Lipinski definition) is 1.